The third-order valence-corrected chi connectivity index (χ3v) is 3.20. The molecule has 0 aromatic heterocycles. The van der Waals surface area contributed by atoms with Gasteiger partial charge >= 0.3 is 0 Å². The van der Waals surface area contributed by atoms with Crippen LogP contribution < -0.4 is 0 Å². The van der Waals surface area contributed by atoms with E-state index >= 15 is 0 Å². The average molecular weight is 110 g/mol. The van der Waals surface area contributed by atoms with Crippen molar-refractivity contribution in [3.05, 3.63) is 0 Å². The highest BCUT2D eigenvalue weighted by Crippen LogP contribution is 2.49. The Morgan fingerprint density at radius 3 is 2.00 bits per heavy atom. The van der Waals surface area contributed by atoms with Gasteiger partial charge in [-0.15, -0.1) is 0 Å². The smallest absolute Gasteiger partial charge is 0.0360 e. The summed E-state index contributed by atoms with van der Waals surface area (Å²) in [6.45, 7) is 2.42. The summed E-state index contributed by atoms with van der Waals surface area (Å²) in [5, 5.41) is 0. The van der Waals surface area contributed by atoms with E-state index in [9.17, 15) is 0 Å². The monoisotopic (exact) mass is 110 g/mol. The Labute approximate surface area is 51.3 Å². The van der Waals surface area contributed by atoms with Crippen LogP contribution in [0.3, 0.4) is 0 Å². The van der Waals surface area contributed by atoms with Gasteiger partial charge in [0.2, 0.25) is 0 Å². The fourth-order valence-electron chi connectivity index (χ4n) is 2.39. The Hall–Kier alpha value is 0. The molecule has 0 aromatic rings. The minimum absolute atomic E-state index is 1.08. The van der Waals surface area contributed by atoms with Gasteiger partial charge in [-0.25, -0.2) is 0 Å². The molecule has 0 nitrogen and oxygen atoms in total. The third kappa shape index (κ3) is 0.463. The van der Waals surface area contributed by atoms with Crippen molar-refractivity contribution in [2.75, 3.05) is 0 Å². The molecule has 2 aliphatic rings. The molecule has 0 saturated heterocycles. The van der Waals surface area contributed by atoms with Crippen LogP contribution in [0, 0.1) is 17.8 Å². The van der Waals surface area contributed by atoms with E-state index in [1.54, 1.807) is 19.3 Å². The lowest BCUT2D eigenvalue weighted by Crippen LogP contribution is -2.23. The number of hydrogen-bond donors (Lipinski definition) is 0. The van der Waals surface area contributed by atoms with Crippen molar-refractivity contribution in [3.63, 3.8) is 0 Å². The van der Waals surface area contributed by atoms with E-state index in [2.05, 4.69) is 6.92 Å². The molecule has 46 valence electrons. The lowest BCUT2D eigenvalue weighted by molar-refractivity contribution is 0.180. The number of hydrogen-bond acceptors (Lipinski definition) is 0. The van der Waals surface area contributed by atoms with Crippen LogP contribution in [0.5, 0.6) is 0 Å². The van der Waals surface area contributed by atoms with E-state index in [0.717, 1.165) is 11.8 Å². The molecule has 0 spiro atoms. The predicted molar refractivity (Wildman–Crippen MR) is 34.6 cm³/mol. The van der Waals surface area contributed by atoms with Gasteiger partial charge in [-0.1, -0.05) is 13.3 Å². The predicted octanol–water partition coefficient (Wildman–Crippen LogP) is 2.44. The Balaban J connectivity index is 2.05. The van der Waals surface area contributed by atoms with Crippen LogP contribution in [0.15, 0.2) is 0 Å². The maximum Gasteiger partial charge on any atom is -0.0360 e. The molecular weight excluding hydrogens is 96.1 g/mol. The number of rotatable bonds is 0. The SMILES string of the molecule is C[C@H]1CCC2CCC21. The molecule has 2 unspecified atom stereocenters. The summed E-state index contributed by atoms with van der Waals surface area (Å²) in [5.74, 6) is 3.41. The normalized spacial score (nSPS) is 52.9. The minimum atomic E-state index is 1.08. The van der Waals surface area contributed by atoms with Crippen LogP contribution in [0.1, 0.15) is 32.6 Å². The highest BCUT2D eigenvalue weighted by atomic mass is 14.4. The topological polar surface area (TPSA) is 0 Å². The van der Waals surface area contributed by atoms with Crippen LogP contribution in [0.2, 0.25) is 0 Å². The van der Waals surface area contributed by atoms with Gasteiger partial charge in [0, 0.05) is 0 Å². The second-order valence-electron chi connectivity index (χ2n) is 3.56. The lowest BCUT2D eigenvalue weighted by atomic mass is 9.73. The quantitative estimate of drug-likeness (QED) is 0.449. The molecule has 2 aliphatic carbocycles. The van der Waals surface area contributed by atoms with E-state index in [4.69, 9.17) is 0 Å². The van der Waals surface area contributed by atoms with Crippen molar-refractivity contribution >= 4 is 0 Å². The molecule has 0 heterocycles. The molecule has 0 N–H and O–H groups in total. The van der Waals surface area contributed by atoms with Crippen LogP contribution in [-0.4, -0.2) is 0 Å². The first kappa shape index (κ1) is 4.84. The van der Waals surface area contributed by atoms with Gasteiger partial charge in [0.05, 0.1) is 0 Å². The lowest BCUT2D eigenvalue weighted by Gasteiger charge is -2.32. The van der Waals surface area contributed by atoms with Crippen LogP contribution in [0.25, 0.3) is 0 Å². The zero-order valence-electron chi connectivity index (χ0n) is 5.56. The summed E-state index contributed by atoms with van der Waals surface area (Å²) in [6.07, 6.45) is 6.17. The number of fused-ring (bicyclic) bond motifs is 1. The van der Waals surface area contributed by atoms with Gasteiger partial charge in [-0.05, 0) is 37.0 Å². The molecular formula is C8H14. The zero-order valence-corrected chi connectivity index (χ0v) is 5.56. The second-order valence-corrected chi connectivity index (χ2v) is 3.56. The van der Waals surface area contributed by atoms with Gasteiger partial charge in [0.1, 0.15) is 0 Å². The van der Waals surface area contributed by atoms with Crippen LogP contribution >= 0.6 is 0 Å². The van der Waals surface area contributed by atoms with E-state index < -0.39 is 0 Å². The summed E-state index contributed by atoms with van der Waals surface area (Å²) < 4.78 is 0. The standard InChI is InChI=1S/C8H14/c1-6-2-3-7-4-5-8(6)7/h6-8H,2-5H2,1H3/t6-,7?,8?/m0/s1. The van der Waals surface area contributed by atoms with E-state index in [1.807, 2.05) is 0 Å². The maximum absolute atomic E-state index is 2.42. The molecule has 8 heavy (non-hydrogen) atoms. The summed E-state index contributed by atoms with van der Waals surface area (Å²) in [5.41, 5.74) is 0. The maximum atomic E-state index is 2.42. The molecule has 0 aliphatic heterocycles. The molecule has 0 aromatic carbocycles. The van der Waals surface area contributed by atoms with Gasteiger partial charge < -0.3 is 0 Å². The molecule has 2 rings (SSSR count). The van der Waals surface area contributed by atoms with Crippen LogP contribution in [-0.2, 0) is 0 Å². The summed E-state index contributed by atoms with van der Waals surface area (Å²) >= 11 is 0. The van der Waals surface area contributed by atoms with Crippen molar-refractivity contribution in [2.24, 2.45) is 17.8 Å². The van der Waals surface area contributed by atoms with Gasteiger partial charge in [-0.3, -0.25) is 0 Å². The summed E-state index contributed by atoms with van der Waals surface area (Å²) in [7, 11) is 0. The molecule has 0 amide bonds. The zero-order chi connectivity index (χ0) is 5.56. The van der Waals surface area contributed by atoms with Crippen molar-refractivity contribution in [2.45, 2.75) is 32.6 Å². The Kier molecular flexibility index (Phi) is 0.902. The molecule has 2 saturated carbocycles. The second kappa shape index (κ2) is 1.49. The Morgan fingerprint density at radius 2 is 1.75 bits per heavy atom. The van der Waals surface area contributed by atoms with Crippen molar-refractivity contribution < 1.29 is 0 Å². The van der Waals surface area contributed by atoms with E-state index in [-0.39, 0.29) is 0 Å². The van der Waals surface area contributed by atoms with Crippen molar-refractivity contribution in [1.29, 1.82) is 0 Å². The fourth-order valence-corrected chi connectivity index (χ4v) is 2.39. The van der Waals surface area contributed by atoms with Crippen LogP contribution in [0.4, 0.5) is 0 Å². The summed E-state index contributed by atoms with van der Waals surface area (Å²) in [4.78, 5) is 0. The first-order chi connectivity index (χ1) is 3.88. The Bertz CT molecular complexity index is 90.2. The minimum Gasteiger partial charge on any atom is -0.0622 e. The van der Waals surface area contributed by atoms with E-state index in [0.29, 0.717) is 0 Å². The molecule has 0 radical (unpaired) electrons. The highest BCUT2D eigenvalue weighted by Gasteiger charge is 2.39. The highest BCUT2D eigenvalue weighted by molar-refractivity contribution is 4.89. The van der Waals surface area contributed by atoms with E-state index in [1.165, 1.54) is 12.3 Å². The van der Waals surface area contributed by atoms with Gasteiger partial charge in [0.15, 0.2) is 0 Å². The first-order valence-electron chi connectivity index (χ1n) is 3.88. The molecule has 0 bridgehead atoms. The van der Waals surface area contributed by atoms with Gasteiger partial charge in [-0.2, -0.15) is 0 Å². The largest absolute Gasteiger partial charge is 0.0622 e. The van der Waals surface area contributed by atoms with Gasteiger partial charge in [0.25, 0.3) is 0 Å². The van der Waals surface area contributed by atoms with Crippen molar-refractivity contribution in [1.82, 2.24) is 0 Å². The average Bonchev–Trinajstić information content (AvgIpc) is 1.80. The third-order valence-electron chi connectivity index (χ3n) is 3.20. The summed E-state index contributed by atoms with van der Waals surface area (Å²) in [6, 6.07) is 0. The van der Waals surface area contributed by atoms with Crippen molar-refractivity contribution in [3.8, 4) is 0 Å². The Morgan fingerprint density at radius 1 is 1.00 bits per heavy atom. The molecule has 0 heteroatoms. The fraction of sp³-hybridized carbons (Fsp3) is 1.00. The molecule has 2 fully saturated rings. The molecule has 3 atom stereocenters. The first-order valence-corrected chi connectivity index (χ1v) is 3.88.